The molecule has 1 rings (SSSR count). The molecule has 0 N–H and O–H groups in total. The van der Waals surface area contributed by atoms with Crippen LogP contribution in [0.25, 0.3) is 0 Å². The summed E-state index contributed by atoms with van der Waals surface area (Å²) in [6.07, 6.45) is -4.00. The summed E-state index contributed by atoms with van der Waals surface area (Å²) < 4.78 is 44.7. The van der Waals surface area contributed by atoms with Crippen LogP contribution in [0.15, 0.2) is 24.3 Å². The normalized spacial score (nSPS) is 11.3. The summed E-state index contributed by atoms with van der Waals surface area (Å²) in [6.45, 7) is 2.18. The highest BCUT2D eigenvalue weighted by Gasteiger charge is 2.31. The van der Waals surface area contributed by atoms with Gasteiger partial charge < -0.3 is 9.47 Å². The van der Waals surface area contributed by atoms with Gasteiger partial charge in [0.1, 0.15) is 12.4 Å². The highest BCUT2D eigenvalue weighted by molar-refractivity contribution is 5.97. The van der Waals surface area contributed by atoms with Gasteiger partial charge >= 0.3 is 6.36 Å². The second kappa shape index (κ2) is 6.39. The van der Waals surface area contributed by atoms with Crippen LogP contribution in [0.1, 0.15) is 23.7 Å². The summed E-state index contributed by atoms with van der Waals surface area (Å²) in [5, 5.41) is 0. The highest BCUT2D eigenvalue weighted by Crippen LogP contribution is 2.23. The smallest absolute Gasteiger partial charge is 0.406 e. The molecule has 0 aliphatic heterocycles. The number of ketones is 1. The van der Waals surface area contributed by atoms with Crippen LogP contribution in [0, 0.1) is 0 Å². The van der Waals surface area contributed by atoms with Crippen LogP contribution in [0.4, 0.5) is 13.2 Å². The Hall–Kier alpha value is -1.56. The highest BCUT2D eigenvalue weighted by atomic mass is 19.4. The fourth-order valence-corrected chi connectivity index (χ4v) is 1.26. The standard InChI is InChI=1S/C12H13F3O3/c1-2-6-17-8-11(16)9-4-3-5-10(7-9)18-12(13,14)15/h3-5,7H,2,6,8H2,1H3. The fraction of sp³-hybridized carbons (Fsp3) is 0.417. The van der Waals surface area contributed by atoms with Crippen molar-refractivity contribution in [2.24, 2.45) is 0 Å². The molecule has 0 bridgehead atoms. The molecule has 18 heavy (non-hydrogen) atoms. The molecule has 0 saturated carbocycles. The van der Waals surface area contributed by atoms with Gasteiger partial charge in [-0.25, -0.2) is 0 Å². The van der Waals surface area contributed by atoms with Crippen molar-refractivity contribution in [2.45, 2.75) is 19.7 Å². The van der Waals surface area contributed by atoms with Gasteiger partial charge in [-0.15, -0.1) is 13.2 Å². The number of hydrogen-bond acceptors (Lipinski definition) is 3. The lowest BCUT2D eigenvalue weighted by molar-refractivity contribution is -0.274. The maximum atomic E-state index is 12.0. The summed E-state index contributed by atoms with van der Waals surface area (Å²) in [6, 6.07) is 4.93. The lowest BCUT2D eigenvalue weighted by atomic mass is 10.1. The zero-order valence-electron chi connectivity index (χ0n) is 9.79. The monoisotopic (exact) mass is 262 g/mol. The first-order chi connectivity index (χ1) is 8.42. The molecule has 6 heteroatoms. The average Bonchev–Trinajstić information content (AvgIpc) is 2.27. The van der Waals surface area contributed by atoms with E-state index in [4.69, 9.17) is 4.74 Å². The molecular formula is C12H13F3O3. The Balaban J connectivity index is 2.66. The van der Waals surface area contributed by atoms with E-state index < -0.39 is 12.1 Å². The number of alkyl halides is 3. The van der Waals surface area contributed by atoms with E-state index in [0.29, 0.717) is 6.61 Å². The lowest BCUT2D eigenvalue weighted by Crippen LogP contribution is -2.17. The van der Waals surface area contributed by atoms with Crippen LogP contribution in [0.5, 0.6) is 5.75 Å². The van der Waals surface area contributed by atoms with E-state index in [1.807, 2.05) is 6.92 Å². The molecule has 0 aliphatic carbocycles. The summed E-state index contributed by atoms with van der Waals surface area (Å²) >= 11 is 0. The molecular weight excluding hydrogens is 249 g/mol. The molecule has 0 atom stereocenters. The summed E-state index contributed by atoms with van der Waals surface area (Å²) in [4.78, 5) is 11.6. The molecule has 0 aromatic heterocycles. The summed E-state index contributed by atoms with van der Waals surface area (Å²) in [7, 11) is 0. The Labute approximate surface area is 103 Å². The quantitative estimate of drug-likeness (QED) is 0.583. The van der Waals surface area contributed by atoms with Gasteiger partial charge in [0.05, 0.1) is 0 Å². The molecule has 0 heterocycles. The third-order valence-electron chi connectivity index (χ3n) is 1.97. The SMILES string of the molecule is CCCOCC(=O)c1cccc(OC(F)(F)F)c1. The van der Waals surface area contributed by atoms with Crippen molar-refractivity contribution in [2.75, 3.05) is 13.2 Å². The first kappa shape index (κ1) is 14.5. The van der Waals surface area contributed by atoms with Gasteiger partial charge in [0, 0.05) is 12.2 Å². The van der Waals surface area contributed by atoms with Gasteiger partial charge in [-0.3, -0.25) is 4.79 Å². The zero-order valence-corrected chi connectivity index (χ0v) is 9.79. The molecule has 100 valence electrons. The van der Waals surface area contributed by atoms with Crippen molar-refractivity contribution >= 4 is 5.78 Å². The van der Waals surface area contributed by atoms with Crippen LogP contribution >= 0.6 is 0 Å². The van der Waals surface area contributed by atoms with E-state index in [1.165, 1.54) is 12.1 Å². The minimum atomic E-state index is -4.76. The van der Waals surface area contributed by atoms with Crippen molar-refractivity contribution in [3.63, 3.8) is 0 Å². The van der Waals surface area contributed by atoms with Gasteiger partial charge in [-0.05, 0) is 18.6 Å². The molecule has 0 spiro atoms. The van der Waals surface area contributed by atoms with Gasteiger partial charge in [0.2, 0.25) is 0 Å². The number of Topliss-reactive ketones (excluding diaryl/α,β-unsaturated/α-hetero) is 1. The molecule has 0 radical (unpaired) electrons. The van der Waals surface area contributed by atoms with Gasteiger partial charge in [-0.2, -0.15) is 0 Å². The molecule has 0 amide bonds. The van der Waals surface area contributed by atoms with Crippen LogP contribution in [-0.2, 0) is 4.74 Å². The zero-order chi connectivity index (χ0) is 13.6. The molecule has 0 fully saturated rings. The van der Waals surface area contributed by atoms with E-state index >= 15 is 0 Å². The number of hydrogen-bond donors (Lipinski definition) is 0. The first-order valence-electron chi connectivity index (χ1n) is 5.39. The minimum Gasteiger partial charge on any atom is -0.406 e. The Kier molecular flexibility index (Phi) is 5.15. The van der Waals surface area contributed by atoms with Crippen molar-refractivity contribution in [3.05, 3.63) is 29.8 Å². The molecule has 1 aromatic carbocycles. The van der Waals surface area contributed by atoms with Crippen LogP contribution in [-0.4, -0.2) is 25.4 Å². The Bertz CT molecular complexity index is 402. The predicted octanol–water partition coefficient (Wildman–Crippen LogP) is 3.19. The second-order valence-electron chi connectivity index (χ2n) is 3.55. The number of carbonyl (C=O) groups excluding carboxylic acids is 1. The average molecular weight is 262 g/mol. The number of halogens is 3. The van der Waals surface area contributed by atoms with E-state index in [-0.39, 0.29) is 18.0 Å². The molecule has 0 aliphatic rings. The predicted molar refractivity (Wildman–Crippen MR) is 58.6 cm³/mol. The van der Waals surface area contributed by atoms with Gasteiger partial charge in [-0.1, -0.05) is 19.1 Å². The van der Waals surface area contributed by atoms with Crippen LogP contribution in [0.2, 0.25) is 0 Å². The largest absolute Gasteiger partial charge is 0.573 e. The Morgan fingerprint density at radius 2 is 2.06 bits per heavy atom. The third-order valence-corrected chi connectivity index (χ3v) is 1.97. The summed E-state index contributed by atoms with van der Waals surface area (Å²) in [5.41, 5.74) is 0.132. The Morgan fingerprint density at radius 3 is 2.67 bits per heavy atom. The number of ether oxygens (including phenoxy) is 2. The van der Waals surface area contributed by atoms with Gasteiger partial charge in [0.15, 0.2) is 5.78 Å². The van der Waals surface area contributed by atoms with Gasteiger partial charge in [0.25, 0.3) is 0 Å². The third kappa shape index (κ3) is 5.18. The fourth-order valence-electron chi connectivity index (χ4n) is 1.26. The summed E-state index contributed by atoms with van der Waals surface area (Å²) in [5.74, 6) is -0.792. The topological polar surface area (TPSA) is 35.5 Å². The van der Waals surface area contributed by atoms with Crippen LogP contribution < -0.4 is 4.74 Å². The van der Waals surface area contributed by atoms with E-state index in [0.717, 1.165) is 18.6 Å². The molecule has 1 aromatic rings. The molecule has 0 unspecified atom stereocenters. The second-order valence-corrected chi connectivity index (χ2v) is 3.55. The maximum Gasteiger partial charge on any atom is 0.573 e. The molecule has 3 nitrogen and oxygen atoms in total. The van der Waals surface area contributed by atoms with E-state index in [9.17, 15) is 18.0 Å². The van der Waals surface area contributed by atoms with E-state index in [2.05, 4.69) is 4.74 Å². The number of benzene rings is 1. The first-order valence-corrected chi connectivity index (χ1v) is 5.39. The van der Waals surface area contributed by atoms with Crippen molar-refractivity contribution < 1.29 is 27.4 Å². The lowest BCUT2D eigenvalue weighted by Gasteiger charge is -2.09. The maximum absolute atomic E-state index is 12.0. The van der Waals surface area contributed by atoms with Crippen molar-refractivity contribution in [3.8, 4) is 5.75 Å². The Morgan fingerprint density at radius 1 is 1.33 bits per heavy atom. The van der Waals surface area contributed by atoms with Crippen LogP contribution in [0.3, 0.4) is 0 Å². The number of rotatable bonds is 6. The van der Waals surface area contributed by atoms with Crippen molar-refractivity contribution in [1.82, 2.24) is 0 Å². The minimum absolute atomic E-state index is 0.132. The van der Waals surface area contributed by atoms with Crippen molar-refractivity contribution in [1.29, 1.82) is 0 Å². The number of carbonyl (C=O) groups is 1. The van der Waals surface area contributed by atoms with E-state index in [1.54, 1.807) is 0 Å². The molecule has 0 saturated heterocycles.